The lowest BCUT2D eigenvalue weighted by Crippen LogP contribution is -2.14. The number of hydrogen-bond donors (Lipinski definition) is 1. The summed E-state index contributed by atoms with van der Waals surface area (Å²) < 4.78 is 0. The molecule has 0 fully saturated rings. The van der Waals surface area contributed by atoms with Crippen LogP contribution >= 0.6 is 23.4 Å². The lowest BCUT2D eigenvalue weighted by Gasteiger charge is -2.11. The molecule has 5 heteroatoms. The molecule has 0 amide bonds. The summed E-state index contributed by atoms with van der Waals surface area (Å²) >= 11 is 7.84. The summed E-state index contributed by atoms with van der Waals surface area (Å²) in [4.78, 5) is 10.3. The molecule has 0 atom stereocenters. The maximum atomic E-state index is 6.17. The zero-order valence-electron chi connectivity index (χ0n) is 12.6. The normalized spacial score (nSPS) is 10.9. The highest BCUT2D eigenvalue weighted by atomic mass is 35.5. The second-order valence-electron chi connectivity index (χ2n) is 4.86. The molecular weight excluding hydrogens is 302 g/mol. The number of hydrogen-bond acceptors (Lipinski definition) is 4. The molecule has 1 aromatic carbocycles. The smallest absolute Gasteiger partial charge is 0.139 e. The molecule has 21 heavy (non-hydrogen) atoms. The number of nitrogens with zero attached hydrogens (tertiary/aromatic N) is 2. The Kier molecular flexibility index (Phi) is 6.03. The van der Waals surface area contributed by atoms with E-state index < -0.39 is 0 Å². The SMILES string of the molecule is CNCCc1c(C)nc(CSc2ccccc2Cl)nc1C. The maximum Gasteiger partial charge on any atom is 0.139 e. The molecule has 0 aliphatic carbocycles. The Morgan fingerprint density at radius 1 is 1.14 bits per heavy atom. The Balaban J connectivity index is 2.09. The van der Waals surface area contributed by atoms with Crippen LogP contribution in [0.25, 0.3) is 0 Å². The van der Waals surface area contributed by atoms with E-state index >= 15 is 0 Å². The number of aromatic nitrogens is 2. The fourth-order valence-corrected chi connectivity index (χ4v) is 3.28. The fraction of sp³-hybridized carbons (Fsp3) is 0.375. The average Bonchev–Trinajstić information content (AvgIpc) is 2.46. The van der Waals surface area contributed by atoms with E-state index in [1.807, 2.05) is 31.3 Å². The highest BCUT2D eigenvalue weighted by molar-refractivity contribution is 7.98. The zero-order valence-corrected chi connectivity index (χ0v) is 14.2. The molecule has 0 unspecified atom stereocenters. The standard InChI is InChI=1S/C16H20ClN3S/c1-11-13(8-9-18-3)12(2)20-16(19-11)10-21-15-7-5-4-6-14(15)17/h4-7,18H,8-10H2,1-3H3. The number of rotatable bonds is 6. The summed E-state index contributed by atoms with van der Waals surface area (Å²) in [6.45, 7) is 5.06. The summed E-state index contributed by atoms with van der Waals surface area (Å²) in [7, 11) is 1.96. The molecule has 1 aromatic heterocycles. The van der Waals surface area contributed by atoms with Crippen LogP contribution in [-0.2, 0) is 12.2 Å². The Hall–Kier alpha value is -1.10. The lowest BCUT2D eigenvalue weighted by molar-refractivity contribution is 0.769. The van der Waals surface area contributed by atoms with Crippen molar-refractivity contribution >= 4 is 23.4 Å². The minimum Gasteiger partial charge on any atom is -0.319 e. The van der Waals surface area contributed by atoms with Crippen molar-refractivity contribution in [3.8, 4) is 0 Å². The van der Waals surface area contributed by atoms with Gasteiger partial charge in [-0.3, -0.25) is 0 Å². The van der Waals surface area contributed by atoms with Crippen LogP contribution < -0.4 is 5.32 Å². The summed E-state index contributed by atoms with van der Waals surface area (Å²) in [5.74, 6) is 1.60. The topological polar surface area (TPSA) is 37.8 Å². The Bertz CT molecular complexity index is 593. The molecule has 2 aromatic rings. The number of benzene rings is 1. The van der Waals surface area contributed by atoms with Crippen molar-refractivity contribution in [1.82, 2.24) is 15.3 Å². The van der Waals surface area contributed by atoms with Crippen LogP contribution in [0.1, 0.15) is 22.8 Å². The number of halogens is 1. The molecule has 112 valence electrons. The number of thioether (sulfide) groups is 1. The third-order valence-electron chi connectivity index (χ3n) is 3.29. The molecule has 2 rings (SSSR count). The van der Waals surface area contributed by atoms with Gasteiger partial charge >= 0.3 is 0 Å². The molecule has 0 saturated heterocycles. The Morgan fingerprint density at radius 2 is 1.81 bits per heavy atom. The number of likely N-dealkylation sites (N-methyl/N-ethyl adjacent to an activating group) is 1. The molecule has 0 bridgehead atoms. The monoisotopic (exact) mass is 321 g/mol. The van der Waals surface area contributed by atoms with Crippen LogP contribution in [0, 0.1) is 13.8 Å². The van der Waals surface area contributed by atoms with Crippen molar-refractivity contribution in [2.75, 3.05) is 13.6 Å². The second-order valence-corrected chi connectivity index (χ2v) is 6.29. The van der Waals surface area contributed by atoms with Gasteiger partial charge in [0, 0.05) is 16.3 Å². The first-order valence-electron chi connectivity index (χ1n) is 6.96. The van der Waals surface area contributed by atoms with E-state index in [1.54, 1.807) is 11.8 Å². The molecule has 1 heterocycles. The second kappa shape index (κ2) is 7.78. The van der Waals surface area contributed by atoms with Gasteiger partial charge in [-0.1, -0.05) is 23.7 Å². The van der Waals surface area contributed by atoms with Crippen LogP contribution in [0.3, 0.4) is 0 Å². The van der Waals surface area contributed by atoms with Crippen molar-refractivity contribution < 1.29 is 0 Å². The predicted octanol–water partition coefficient (Wildman–Crippen LogP) is 3.80. The van der Waals surface area contributed by atoms with Gasteiger partial charge in [-0.05, 0) is 51.6 Å². The van der Waals surface area contributed by atoms with Crippen molar-refractivity contribution in [1.29, 1.82) is 0 Å². The third-order valence-corrected chi connectivity index (χ3v) is 4.80. The zero-order chi connectivity index (χ0) is 15.2. The van der Waals surface area contributed by atoms with E-state index in [4.69, 9.17) is 11.6 Å². The molecule has 1 N–H and O–H groups in total. The number of nitrogens with one attached hydrogen (secondary N) is 1. The summed E-state index contributed by atoms with van der Waals surface area (Å²) in [6.07, 6.45) is 0.964. The summed E-state index contributed by atoms with van der Waals surface area (Å²) in [6, 6.07) is 7.86. The third kappa shape index (κ3) is 4.43. The van der Waals surface area contributed by atoms with Crippen molar-refractivity contribution in [2.24, 2.45) is 0 Å². The highest BCUT2D eigenvalue weighted by Gasteiger charge is 2.09. The lowest BCUT2D eigenvalue weighted by atomic mass is 10.1. The summed E-state index contributed by atoms with van der Waals surface area (Å²) in [5.41, 5.74) is 3.40. The van der Waals surface area contributed by atoms with Gasteiger partial charge in [-0.25, -0.2) is 9.97 Å². The van der Waals surface area contributed by atoms with Gasteiger partial charge in [0.15, 0.2) is 0 Å². The quantitative estimate of drug-likeness (QED) is 0.821. The van der Waals surface area contributed by atoms with Crippen LogP contribution in [0.2, 0.25) is 5.02 Å². The Morgan fingerprint density at radius 3 is 2.43 bits per heavy atom. The van der Waals surface area contributed by atoms with Gasteiger partial charge in [0.05, 0.1) is 10.8 Å². The van der Waals surface area contributed by atoms with Gasteiger partial charge < -0.3 is 5.32 Å². The fourth-order valence-electron chi connectivity index (χ4n) is 2.19. The first kappa shape index (κ1) is 16.3. The molecule has 0 radical (unpaired) electrons. The minimum atomic E-state index is 0.734. The maximum absolute atomic E-state index is 6.17. The minimum absolute atomic E-state index is 0.734. The van der Waals surface area contributed by atoms with Crippen LogP contribution in [0.5, 0.6) is 0 Å². The molecule has 0 aliphatic rings. The van der Waals surface area contributed by atoms with Crippen molar-refractivity contribution in [2.45, 2.75) is 30.9 Å². The molecule has 0 aliphatic heterocycles. The van der Waals surface area contributed by atoms with Crippen LogP contribution in [0.4, 0.5) is 0 Å². The van der Waals surface area contributed by atoms with Gasteiger partial charge in [0.2, 0.25) is 0 Å². The Labute approximate surface area is 135 Å². The van der Waals surface area contributed by atoms with Crippen LogP contribution in [-0.4, -0.2) is 23.6 Å². The summed E-state index contributed by atoms with van der Waals surface area (Å²) in [5, 5.41) is 3.94. The average molecular weight is 322 g/mol. The van der Waals surface area contributed by atoms with E-state index in [9.17, 15) is 0 Å². The first-order valence-corrected chi connectivity index (χ1v) is 8.33. The van der Waals surface area contributed by atoms with Gasteiger partial charge in [0.25, 0.3) is 0 Å². The highest BCUT2D eigenvalue weighted by Crippen LogP contribution is 2.28. The molecule has 0 saturated carbocycles. The van der Waals surface area contributed by atoms with E-state index in [1.165, 1.54) is 5.56 Å². The van der Waals surface area contributed by atoms with Crippen LogP contribution in [0.15, 0.2) is 29.2 Å². The largest absolute Gasteiger partial charge is 0.319 e. The molecule has 0 spiro atoms. The van der Waals surface area contributed by atoms with Crippen molar-refractivity contribution in [3.05, 3.63) is 52.1 Å². The van der Waals surface area contributed by atoms with E-state index in [-0.39, 0.29) is 0 Å². The molecular formula is C16H20ClN3S. The van der Waals surface area contributed by atoms with Gasteiger partial charge in [-0.2, -0.15) is 0 Å². The van der Waals surface area contributed by atoms with E-state index in [0.29, 0.717) is 0 Å². The predicted molar refractivity (Wildman–Crippen MR) is 90.1 cm³/mol. The first-order chi connectivity index (χ1) is 10.1. The molecule has 3 nitrogen and oxygen atoms in total. The van der Waals surface area contributed by atoms with Gasteiger partial charge in [0.1, 0.15) is 5.82 Å². The van der Waals surface area contributed by atoms with E-state index in [2.05, 4.69) is 29.1 Å². The van der Waals surface area contributed by atoms with Gasteiger partial charge in [-0.15, -0.1) is 11.8 Å². The van der Waals surface area contributed by atoms with Crippen molar-refractivity contribution in [3.63, 3.8) is 0 Å². The number of aryl methyl sites for hydroxylation is 2. The van der Waals surface area contributed by atoms with E-state index in [0.717, 1.165) is 45.8 Å².